The minimum absolute atomic E-state index is 0.186. The summed E-state index contributed by atoms with van der Waals surface area (Å²) in [6, 6.07) is 0. The van der Waals surface area contributed by atoms with Crippen LogP contribution in [0.5, 0.6) is 0 Å². The molecule has 0 aromatic heterocycles. The molecule has 6 atom stereocenters. The Morgan fingerprint density at radius 3 is 2.48 bits per heavy atom. The maximum atomic E-state index is 6.69. The second-order valence-corrected chi connectivity index (χ2v) is 17.4. The van der Waals surface area contributed by atoms with Crippen molar-refractivity contribution in [2.75, 3.05) is 6.54 Å². The second-order valence-electron chi connectivity index (χ2n) is 12.6. The second kappa shape index (κ2) is 12.2. The zero-order valence-electron chi connectivity index (χ0n) is 23.3. The minimum Gasteiger partial charge on any atom is -0.411 e. The molecule has 0 amide bonds. The van der Waals surface area contributed by atoms with Gasteiger partial charge < -0.3 is 19.6 Å². The van der Waals surface area contributed by atoms with Gasteiger partial charge in [-0.2, -0.15) is 0 Å². The molecule has 0 bridgehead atoms. The quantitative estimate of drug-likeness (QED) is 0.258. The summed E-state index contributed by atoms with van der Waals surface area (Å²) in [6.45, 7) is 21.5. The first-order valence-corrected chi connectivity index (χ1v) is 16.6. The normalized spacial score (nSPS) is 31.6. The molecular formula is C28H55NO3Si. The van der Waals surface area contributed by atoms with Crippen molar-refractivity contribution in [1.29, 1.82) is 0 Å². The van der Waals surface area contributed by atoms with E-state index in [-0.39, 0.29) is 16.9 Å². The fourth-order valence-electron chi connectivity index (χ4n) is 5.07. The van der Waals surface area contributed by atoms with Crippen LogP contribution in [0.1, 0.15) is 106 Å². The van der Waals surface area contributed by atoms with Gasteiger partial charge in [0.2, 0.25) is 0 Å². The molecule has 0 aliphatic carbocycles. The van der Waals surface area contributed by atoms with E-state index >= 15 is 0 Å². The third-order valence-corrected chi connectivity index (χ3v) is 13.1. The van der Waals surface area contributed by atoms with Gasteiger partial charge in [-0.05, 0) is 101 Å². The lowest BCUT2D eigenvalue weighted by atomic mass is 9.85. The molecule has 2 rings (SSSR count). The summed E-state index contributed by atoms with van der Waals surface area (Å²) in [5.74, 6) is 0.797. The first-order valence-electron chi connectivity index (χ1n) is 13.7. The Bertz CT molecular complexity index is 629. The fourth-order valence-corrected chi connectivity index (χ4v) is 6.49. The highest BCUT2D eigenvalue weighted by atomic mass is 28.4. The first-order chi connectivity index (χ1) is 15.3. The molecule has 0 radical (unpaired) electrons. The molecule has 2 fully saturated rings. The Labute approximate surface area is 206 Å². The molecular weight excluding hydrogens is 426 g/mol. The number of hydrogen-bond donors (Lipinski definition) is 1. The zero-order valence-corrected chi connectivity index (χ0v) is 24.3. The Morgan fingerprint density at radius 2 is 1.85 bits per heavy atom. The van der Waals surface area contributed by atoms with E-state index in [1.54, 1.807) is 0 Å². The summed E-state index contributed by atoms with van der Waals surface area (Å²) in [7, 11) is -1.75. The molecule has 2 aliphatic rings. The molecule has 2 aliphatic heterocycles. The van der Waals surface area contributed by atoms with Crippen LogP contribution in [0.15, 0.2) is 11.6 Å². The molecule has 2 heterocycles. The van der Waals surface area contributed by atoms with E-state index in [4.69, 9.17) is 19.6 Å². The van der Waals surface area contributed by atoms with Gasteiger partial charge in [-0.15, -0.1) is 0 Å². The average molecular weight is 482 g/mol. The molecule has 4 nitrogen and oxygen atoms in total. The van der Waals surface area contributed by atoms with Crippen molar-refractivity contribution in [2.24, 2.45) is 17.6 Å². The van der Waals surface area contributed by atoms with Crippen molar-refractivity contribution in [1.82, 2.24) is 0 Å². The van der Waals surface area contributed by atoms with Crippen molar-refractivity contribution >= 4 is 8.32 Å². The lowest BCUT2D eigenvalue weighted by Crippen LogP contribution is -2.50. The Morgan fingerprint density at radius 1 is 1.15 bits per heavy atom. The van der Waals surface area contributed by atoms with Gasteiger partial charge in [0.15, 0.2) is 14.1 Å². The topological polar surface area (TPSA) is 53.7 Å². The smallest absolute Gasteiger partial charge is 0.192 e. The average Bonchev–Trinajstić information content (AvgIpc) is 2.72. The van der Waals surface area contributed by atoms with Gasteiger partial charge >= 0.3 is 0 Å². The fraction of sp³-hybridized carbons (Fsp3) is 0.929. The Kier molecular flexibility index (Phi) is 10.7. The van der Waals surface area contributed by atoms with E-state index in [1.165, 1.54) is 18.4 Å². The summed E-state index contributed by atoms with van der Waals surface area (Å²) < 4.78 is 19.9. The molecule has 5 heteroatoms. The van der Waals surface area contributed by atoms with E-state index in [0.717, 1.165) is 51.5 Å². The van der Waals surface area contributed by atoms with Crippen LogP contribution in [0, 0.1) is 11.8 Å². The Balaban J connectivity index is 1.87. The molecule has 0 unspecified atom stereocenters. The highest BCUT2D eigenvalue weighted by Gasteiger charge is 2.44. The van der Waals surface area contributed by atoms with Gasteiger partial charge in [0.1, 0.15) is 0 Å². The number of hydrogen-bond acceptors (Lipinski definition) is 4. The molecule has 194 valence electrons. The van der Waals surface area contributed by atoms with Crippen molar-refractivity contribution in [2.45, 2.75) is 148 Å². The van der Waals surface area contributed by atoms with Crippen molar-refractivity contribution in [3.05, 3.63) is 11.6 Å². The van der Waals surface area contributed by atoms with Crippen molar-refractivity contribution in [3.8, 4) is 0 Å². The third kappa shape index (κ3) is 8.45. The summed E-state index contributed by atoms with van der Waals surface area (Å²) in [5, 5.41) is 0.240. The van der Waals surface area contributed by atoms with Gasteiger partial charge in [0.05, 0.1) is 18.3 Å². The molecule has 0 aromatic rings. The van der Waals surface area contributed by atoms with Crippen LogP contribution in [-0.2, 0) is 13.9 Å². The van der Waals surface area contributed by atoms with Crippen LogP contribution in [0.2, 0.25) is 18.1 Å². The molecule has 0 aromatic carbocycles. The van der Waals surface area contributed by atoms with Crippen LogP contribution >= 0.6 is 0 Å². The predicted octanol–water partition coefficient (Wildman–Crippen LogP) is 7.58. The van der Waals surface area contributed by atoms with E-state index in [0.29, 0.717) is 24.0 Å². The third-order valence-electron chi connectivity index (χ3n) is 8.55. The maximum absolute atomic E-state index is 6.69. The van der Waals surface area contributed by atoms with Crippen LogP contribution in [-0.4, -0.2) is 39.0 Å². The number of nitrogens with two attached hydrogens (primary N) is 1. The number of ether oxygens (including phenoxy) is 2. The molecule has 0 saturated carbocycles. The molecule has 2 N–H and O–H groups in total. The van der Waals surface area contributed by atoms with E-state index in [1.807, 2.05) is 0 Å². The predicted molar refractivity (Wildman–Crippen MR) is 143 cm³/mol. The Hall–Kier alpha value is -0.203. The van der Waals surface area contributed by atoms with E-state index in [2.05, 4.69) is 67.6 Å². The molecule has 1 spiro atoms. The maximum Gasteiger partial charge on any atom is 0.192 e. The lowest BCUT2D eigenvalue weighted by molar-refractivity contribution is -0.324. The van der Waals surface area contributed by atoms with Crippen molar-refractivity contribution in [3.63, 3.8) is 0 Å². The molecule has 33 heavy (non-hydrogen) atoms. The van der Waals surface area contributed by atoms with Crippen molar-refractivity contribution < 1.29 is 13.9 Å². The van der Waals surface area contributed by atoms with Gasteiger partial charge in [0, 0.05) is 12.8 Å². The minimum atomic E-state index is -1.75. The van der Waals surface area contributed by atoms with Gasteiger partial charge in [0.25, 0.3) is 0 Å². The standard InChI is InChI=1S/C28H55NO3Si/c1-21(20-23(3)24(4)32-33(8,9)27(5,6)7)14-15-25-12-10-17-28(30-25)18-16-22(2)26(31-28)13-11-19-29/h20-22,24-26H,10-19,29H2,1-9H3/b23-20+/t21-,22-,24-,25-,26+,28-/m0/s1. The highest BCUT2D eigenvalue weighted by Crippen LogP contribution is 2.43. The number of rotatable bonds is 10. The van der Waals surface area contributed by atoms with Gasteiger partial charge in [-0.1, -0.05) is 40.7 Å². The molecule has 2 saturated heterocycles. The zero-order chi connectivity index (χ0) is 24.9. The first kappa shape index (κ1) is 29.0. The number of allylic oxidation sites excluding steroid dienone is 1. The summed E-state index contributed by atoms with van der Waals surface area (Å²) >= 11 is 0. The lowest BCUT2D eigenvalue weighted by Gasteiger charge is -2.48. The monoisotopic (exact) mass is 481 g/mol. The highest BCUT2D eigenvalue weighted by molar-refractivity contribution is 6.74. The van der Waals surface area contributed by atoms with Crippen LogP contribution in [0.4, 0.5) is 0 Å². The van der Waals surface area contributed by atoms with Gasteiger partial charge in [-0.3, -0.25) is 0 Å². The summed E-state index contributed by atoms with van der Waals surface area (Å²) in [4.78, 5) is 0. The van der Waals surface area contributed by atoms with Crippen LogP contribution in [0.25, 0.3) is 0 Å². The van der Waals surface area contributed by atoms with Crippen LogP contribution < -0.4 is 5.73 Å². The largest absolute Gasteiger partial charge is 0.411 e. The van der Waals surface area contributed by atoms with E-state index < -0.39 is 8.32 Å². The SMILES string of the molecule is C/C(=C\[C@@H](C)CC[C@@H]1CCC[C@]2(CC[C@H](C)[C@@H](CCCN)O2)O1)[C@H](C)O[Si](C)(C)C(C)(C)C. The summed E-state index contributed by atoms with van der Waals surface area (Å²) in [6.07, 6.45) is 13.3. The van der Waals surface area contributed by atoms with Crippen LogP contribution in [0.3, 0.4) is 0 Å². The van der Waals surface area contributed by atoms with E-state index in [9.17, 15) is 0 Å². The van der Waals surface area contributed by atoms with Gasteiger partial charge in [-0.25, -0.2) is 0 Å². The summed E-state index contributed by atoms with van der Waals surface area (Å²) in [5.41, 5.74) is 7.12.